The molecule has 106 valence electrons. The molecule has 1 atom stereocenters. The van der Waals surface area contributed by atoms with Gasteiger partial charge in [-0.05, 0) is 60.4 Å². The number of ether oxygens (including phenoxy) is 1. The van der Waals surface area contributed by atoms with Crippen molar-refractivity contribution in [1.82, 2.24) is 4.90 Å². The molecule has 1 aromatic carbocycles. The van der Waals surface area contributed by atoms with Crippen molar-refractivity contribution in [1.29, 1.82) is 0 Å². The Bertz CT molecular complexity index is 442. The average Bonchev–Trinajstić information content (AvgIpc) is 2.36. The van der Waals surface area contributed by atoms with Crippen LogP contribution in [-0.2, 0) is 0 Å². The van der Waals surface area contributed by atoms with Crippen LogP contribution in [0.5, 0.6) is 5.75 Å². The first-order chi connectivity index (χ1) is 9.10. The maximum Gasteiger partial charge on any atom is 0.156 e. The number of anilines is 1. The summed E-state index contributed by atoms with van der Waals surface area (Å²) in [4.78, 5) is 2.39. The predicted molar refractivity (Wildman–Crippen MR) is 84.4 cm³/mol. The Morgan fingerprint density at radius 3 is 3.00 bits per heavy atom. The molecule has 1 N–H and O–H groups in total. The fourth-order valence-corrected chi connectivity index (χ4v) is 3.57. The van der Waals surface area contributed by atoms with E-state index >= 15 is 0 Å². The number of likely N-dealkylation sites (tertiary alicyclic amines) is 1. The van der Waals surface area contributed by atoms with Crippen molar-refractivity contribution >= 4 is 33.2 Å². The molecule has 1 fully saturated rings. The number of piperidine rings is 1. The minimum absolute atomic E-state index is 0.682. The van der Waals surface area contributed by atoms with Gasteiger partial charge in [0.1, 0.15) is 0 Å². The van der Waals surface area contributed by atoms with Gasteiger partial charge in [-0.2, -0.15) is 0 Å². The zero-order valence-corrected chi connectivity index (χ0v) is 13.7. The molecule has 0 spiro atoms. The molecule has 0 aliphatic carbocycles. The van der Waals surface area contributed by atoms with Crippen molar-refractivity contribution in [2.24, 2.45) is 5.92 Å². The second-order valence-electron chi connectivity index (χ2n) is 5.12. The van der Waals surface area contributed by atoms with Crippen molar-refractivity contribution in [3.8, 4) is 5.75 Å². The molecule has 0 radical (unpaired) electrons. The smallest absolute Gasteiger partial charge is 0.156 e. The molecule has 1 saturated heterocycles. The minimum atomic E-state index is 0.682. The van der Waals surface area contributed by atoms with Crippen molar-refractivity contribution in [2.45, 2.75) is 12.8 Å². The summed E-state index contributed by atoms with van der Waals surface area (Å²) in [7, 11) is 3.86. The van der Waals surface area contributed by atoms with E-state index in [4.69, 9.17) is 16.3 Å². The van der Waals surface area contributed by atoms with E-state index < -0.39 is 0 Å². The van der Waals surface area contributed by atoms with E-state index in [1.54, 1.807) is 7.11 Å². The molecule has 1 aliphatic rings. The van der Waals surface area contributed by atoms with Crippen LogP contribution in [0.4, 0.5) is 5.69 Å². The van der Waals surface area contributed by atoms with Gasteiger partial charge >= 0.3 is 0 Å². The number of hydrogen-bond donors (Lipinski definition) is 1. The second-order valence-corrected chi connectivity index (χ2v) is 6.41. The summed E-state index contributed by atoms with van der Waals surface area (Å²) < 4.78 is 6.29. The SMILES string of the molecule is COc1c(Br)cc(Cl)cc1NCC1CCCN(C)C1. The van der Waals surface area contributed by atoms with Gasteiger partial charge in [0.2, 0.25) is 0 Å². The lowest BCUT2D eigenvalue weighted by molar-refractivity contribution is 0.217. The molecule has 1 unspecified atom stereocenters. The Hall–Kier alpha value is -0.450. The predicted octanol–water partition coefficient (Wildman–Crippen LogP) is 3.86. The highest BCUT2D eigenvalue weighted by molar-refractivity contribution is 9.10. The first-order valence-electron chi connectivity index (χ1n) is 6.55. The molecule has 0 aromatic heterocycles. The maximum atomic E-state index is 6.09. The third kappa shape index (κ3) is 4.01. The summed E-state index contributed by atoms with van der Waals surface area (Å²) in [5, 5.41) is 4.17. The summed E-state index contributed by atoms with van der Waals surface area (Å²) in [5.41, 5.74) is 0.954. The van der Waals surface area contributed by atoms with Crippen LogP contribution < -0.4 is 10.1 Å². The second kappa shape index (κ2) is 6.82. The number of nitrogens with one attached hydrogen (secondary N) is 1. The van der Waals surface area contributed by atoms with Crippen LogP contribution in [0.3, 0.4) is 0 Å². The zero-order chi connectivity index (χ0) is 13.8. The van der Waals surface area contributed by atoms with Gasteiger partial charge in [0.15, 0.2) is 5.75 Å². The summed E-state index contributed by atoms with van der Waals surface area (Å²) in [6.07, 6.45) is 2.56. The van der Waals surface area contributed by atoms with Crippen molar-refractivity contribution in [3.63, 3.8) is 0 Å². The van der Waals surface area contributed by atoms with E-state index in [9.17, 15) is 0 Å². The van der Waals surface area contributed by atoms with Crippen LogP contribution >= 0.6 is 27.5 Å². The molecule has 1 heterocycles. The fraction of sp³-hybridized carbons (Fsp3) is 0.571. The van der Waals surface area contributed by atoms with Crippen LogP contribution in [0.15, 0.2) is 16.6 Å². The van der Waals surface area contributed by atoms with E-state index in [-0.39, 0.29) is 0 Å². The Labute approximate surface area is 128 Å². The largest absolute Gasteiger partial charge is 0.493 e. The number of nitrogens with zero attached hydrogens (tertiary/aromatic N) is 1. The van der Waals surface area contributed by atoms with Crippen LogP contribution in [0, 0.1) is 5.92 Å². The molecule has 0 bridgehead atoms. The molecular formula is C14H20BrClN2O. The lowest BCUT2D eigenvalue weighted by Gasteiger charge is -2.30. The van der Waals surface area contributed by atoms with Gasteiger partial charge in [0, 0.05) is 18.1 Å². The molecule has 2 rings (SSSR count). The van der Waals surface area contributed by atoms with Crippen LogP contribution in [0.1, 0.15) is 12.8 Å². The summed E-state index contributed by atoms with van der Waals surface area (Å²) >= 11 is 9.57. The van der Waals surface area contributed by atoms with Gasteiger partial charge in [0.25, 0.3) is 0 Å². The molecular weight excluding hydrogens is 328 g/mol. The number of methoxy groups -OCH3 is 1. The Kier molecular flexibility index (Phi) is 5.37. The highest BCUT2D eigenvalue weighted by Crippen LogP contribution is 2.36. The third-order valence-electron chi connectivity index (χ3n) is 3.52. The molecule has 1 aliphatic heterocycles. The van der Waals surface area contributed by atoms with E-state index in [1.165, 1.54) is 19.4 Å². The summed E-state index contributed by atoms with van der Waals surface area (Å²) in [5.74, 6) is 1.50. The Morgan fingerprint density at radius 1 is 1.53 bits per heavy atom. The van der Waals surface area contributed by atoms with Gasteiger partial charge in [-0.25, -0.2) is 0 Å². The number of halogens is 2. The highest BCUT2D eigenvalue weighted by atomic mass is 79.9. The lowest BCUT2D eigenvalue weighted by atomic mass is 9.98. The molecule has 0 saturated carbocycles. The van der Waals surface area contributed by atoms with E-state index in [2.05, 4.69) is 33.2 Å². The highest BCUT2D eigenvalue weighted by Gasteiger charge is 2.18. The van der Waals surface area contributed by atoms with Crippen LogP contribution in [0.25, 0.3) is 0 Å². The van der Waals surface area contributed by atoms with Gasteiger partial charge in [0.05, 0.1) is 17.3 Å². The van der Waals surface area contributed by atoms with Gasteiger partial charge < -0.3 is 15.0 Å². The number of benzene rings is 1. The Morgan fingerprint density at radius 2 is 2.32 bits per heavy atom. The quantitative estimate of drug-likeness (QED) is 0.895. The van der Waals surface area contributed by atoms with Gasteiger partial charge in [-0.15, -0.1) is 0 Å². The molecule has 3 nitrogen and oxygen atoms in total. The average molecular weight is 348 g/mol. The summed E-state index contributed by atoms with van der Waals surface area (Å²) in [6, 6.07) is 3.76. The third-order valence-corrected chi connectivity index (χ3v) is 4.32. The first-order valence-corrected chi connectivity index (χ1v) is 7.72. The van der Waals surface area contributed by atoms with Crippen molar-refractivity contribution < 1.29 is 4.74 Å². The van der Waals surface area contributed by atoms with Crippen LogP contribution in [0.2, 0.25) is 5.02 Å². The molecule has 0 amide bonds. The van der Waals surface area contributed by atoms with E-state index in [0.29, 0.717) is 10.9 Å². The first kappa shape index (κ1) is 14.9. The molecule has 5 heteroatoms. The standard InChI is InChI=1S/C14H20BrClN2O/c1-18-5-3-4-10(9-18)8-17-13-7-11(16)6-12(15)14(13)19-2/h6-7,10,17H,3-5,8-9H2,1-2H3. The van der Waals surface area contributed by atoms with Crippen molar-refractivity contribution in [3.05, 3.63) is 21.6 Å². The maximum absolute atomic E-state index is 6.09. The van der Waals surface area contributed by atoms with Gasteiger partial charge in [-0.1, -0.05) is 11.6 Å². The fourth-order valence-electron chi connectivity index (χ4n) is 2.59. The number of rotatable bonds is 4. The monoisotopic (exact) mass is 346 g/mol. The minimum Gasteiger partial charge on any atom is -0.493 e. The van der Waals surface area contributed by atoms with Crippen molar-refractivity contribution in [2.75, 3.05) is 39.1 Å². The van der Waals surface area contributed by atoms with E-state index in [0.717, 1.165) is 29.0 Å². The zero-order valence-electron chi connectivity index (χ0n) is 11.4. The topological polar surface area (TPSA) is 24.5 Å². The molecule has 19 heavy (non-hydrogen) atoms. The lowest BCUT2D eigenvalue weighted by Crippen LogP contribution is -2.35. The Balaban J connectivity index is 2.02. The van der Waals surface area contributed by atoms with Gasteiger partial charge in [-0.3, -0.25) is 0 Å². The summed E-state index contributed by atoms with van der Waals surface area (Å²) in [6.45, 7) is 3.31. The normalized spacial score (nSPS) is 20.3. The molecule has 1 aromatic rings. The number of hydrogen-bond acceptors (Lipinski definition) is 3. The van der Waals surface area contributed by atoms with E-state index in [1.807, 2.05) is 12.1 Å². The van der Waals surface area contributed by atoms with Crippen LogP contribution in [-0.4, -0.2) is 38.7 Å².